The van der Waals surface area contributed by atoms with Crippen LogP contribution in [-0.4, -0.2) is 67.6 Å². The first-order valence-electron chi connectivity index (χ1n) is 13.8. The van der Waals surface area contributed by atoms with Gasteiger partial charge in [-0.25, -0.2) is 9.78 Å². The van der Waals surface area contributed by atoms with E-state index in [0.717, 1.165) is 51.9 Å². The van der Waals surface area contributed by atoms with Crippen molar-refractivity contribution in [3.05, 3.63) is 30.3 Å². The summed E-state index contributed by atoms with van der Waals surface area (Å²) in [4.78, 5) is 29.7. The van der Waals surface area contributed by atoms with Crippen molar-refractivity contribution in [3.8, 4) is 0 Å². The third kappa shape index (κ3) is 4.25. The molecule has 8 nitrogen and oxygen atoms in total. The van der Waals surface area contributed by atoms with E-state index in [1.54, 1.807) is 0 Å². The van der Waals surface area contributed by atoms with Gasteiger partial charge in [-0.05, 0) is 50.2 Å². The zero-order valence-electron chi connectivity index (χ0n) is 21.8. The molecule has 1 aromatic rings. The predicted molar refractivity (Wildman–Crippen MR) is 133 cm³/mol. The Balaban J connectivity index is 1.06. The summed E-state index contributed by atoms with van der Waals surface area (Å²) in [6, 6.07) is 10.5. The van der Waals surface area contributed by atoms with Crippen LogP contribution in [-0.2, 0) is 28.8 Å². The molecule has 5 saturated heterocycles. The second kappa shape index (κ2) is 9.55. The average Bonchev–Trinajstić information content (AvgIpc) is 3.12. The lowest BCUT2D eigenvalue weighted by atomic mass is 9.58. The lowest BCUT2D eigenvalue weighted by molar-refractivity contribution is -0.576. The first kappa shape index (κ1) is 24.6. The fourth-order valence-electron chi connectivity index (χ4n) is 7.31. The van der Waals surface area contributed by atoms with Crippen LogP contribution in [0.2, 0.25) is 0 Å². The van der Waals surface area contributed by atoms with Crippen molar-refractivity contribution in [2.75, 3.05) is 37.6 Å². The quantitative estimate of drug-likeness (QED) is 0.445. The van der Waals surface area contributed by atoms with E-state index >= 15 is 0 Å². The fraction of sp³-hybridized carbons (Fsp3) is 0.750. The molecule has 6 fully saturated rings. The molecule has 7 rings (SSSR count). The third-order valence-corrected chi connectivity index (χ3v) is 9.47. The number of piperazine rings is 1. The van der Waals surface area contributed by atoms with Crippen LogP contribution >= 0.6 is 0 Å². The van der Waals surface area contributed by atoms with E-state index in [2.05, 4.69) is 47.9 Å². The van der Waals surface area contributed by atoms with E-state index in [-0.39, 0.29) is 17.8 Å². The molecule has 36 heavy (non-hydrogen) atoms. The largest absolute Gasteiger partial charge is 0.435 e. The van der Waals surface area contributed by atoms with Crippen molar-refractivity contribution in [3.63, 3.8) is 0 Å². The number of ether oxygens (including phenoxy) is 3. The van der Waals surface area contributed by atoms with Gasteiger partial charge < -0.3 is 19.1 Å². The van der Waals surface area contributed by atoms with Crippen LogP contribution in [0.3, 0.4) is 0 Å². The standard InChI is InChI=1S/C28H40N2O6/c1-19-9-10-23-20(2)25(33-26-28(23)22(19)11-13-27(3,34-26)35-36-28)32-24(31)12-14-29-15-17-30(18-16-29)21-7-5-4-6-8-21/h4-8,19-20,22-23,25-26H,9-18H2,1-3H3/t19-,20-,22+,23+,25-,26?,27+,28-/m1/s1. The van der Waals surface area contributed by atoms with Crippen LogP contribution in [0, 0.1) is 23.7 Å². The van der Waals surface area contributed by atoms with Crippen molar-refractivity contribution in [1.29, 1.82) is 0 Å². The SMILES string of the molecule is C[C@H]1[C@H](OC(=O)CCN2CCN(c3ccccc3)CC2)OC2O[C@]3(C)CC[C@H]4[C@H](C)CC[C@@H]1[C@@]24OO3. The Morgan fingerprint density at radius 3 is 2.58 bits per heavy atom. The maximum absolute atomic E-state index is 12.9. The Morgan fingerprint density at radius 1 is 1.03 bits per heavy atom. The van der Waals surface area contributed by atoms with Crippen LogP contribution < -0.4 is 4.90 Å². The molecule has 5 heterocycles. The highest BCUT2D eigenvalue weighted by Gasteiger charge is 2.69. The normalized spacial score (nSPS) is 42.5. The Kier molecular flexibility index (Phi) is 6.53. The number of benzene rings is 1. The molecule has 8 atom stereocenters. The maximum atomic E-state index is 12.9. The number of rotatable bonds is 5. The molecule has 0 N–H and O–H groups in total. The second-order valence-corrected chi connectivity index (χ2v) is 11.7. The highest BCUT2D eigenvalue weighted by atomic mass is 17.3. The van der Waals surface area contributed by atoms with Gasteiger partial charge in [0.1, 0.15) is 0 Å². The number of carbonyl (C=O) groups excluding carboxylic acids is 1. The molecule has 1 aliphatic carbocycles. The van der Waals surface area contributed by atoms with E-state index in [0.29, 0.717) is 24.8 Å². The number of nitrogens with zero attached hydrogens (tertiary/aromatic N) is 2. The van der Waals surface area contributed by atoms with Crippen LogP contribution in [0.4, 0.5) is 5.69 Å². The van der Waals surface area contributed by atoms with Crippen LogP contribution in [0.15, 0.2) is 30.3 Å². The molecular formula is C28H40N2O6. The van der Waals surface area contributed by atoms with Gasteiger partial charge in [-0.2, -0.15) is 0 Å². The summed E-state index contributed by atoms with van der Waals surface area (Å²) in [7, 11) is 0. The van der Waals surface area contributed by atoms with E-state index in [4.69, 9.17) is 24.0 Å². The van der Waals surface area contributed by atoms with Crippen molar-refractivity contribution in [2.24, 2.45) is 23.7 Å². The van der Waals surface area contributed by atoms with Crippen molar-refractivity contribution in [1.82, 2.24) is 4.90 Å². The van der Waals surface area contributed by atoms with Gasteiger partial charge in [-0.1, -0.05) is 32.0 Å². The van der Waals surface area contributed by atoms with Crippen LogP contribution in [0.1, 0.15) is 52.9 Å². The molecule has 2 bridgehead atoms. The molecule has 0 radical (unpaired) electrons. The monoisotopic (exact) mass is 500 g/mol. The summed E-state index contributed by atoms with van der Waals surface area (Å²) >= 11 is 0. The summed E-state index contributed by atoms with van der Waals surface area (Å²) in [5.41, 5.74) is 0.629. The Hall–Kier alpha value is -1.71. The van der Waals surface area contributed by atoms with Gasteiger partial charge in [0.15, 0.2) is 11.9 Å². The van der Waals surface area contributed by atoms with Gasteiger partial charge in [0.2, 0.25) is 12.1 Å². The van der Waals surface area contributed by atoms with Crippen molar-refractivity contribution >= 4 is 11.7 Å². The second-order valence-electron chi connectivity index (χ2n) is 11.7. The summed E-state index contributed by atoms with van der Waals surface area (Å²) in [6.07, 6.45) is 3.02. The smallest absolute Gasteiger partial charge is 0.309 e. The molecule has 198 valence electrons. The molecule has 1 unspecified atom stereocenters. The minimum Gasteiger partial charge on any atom is -0.435 e. The molecule has 1 spiro atoms. The average molecular weight is 501 g/mol. The third-order valence-electron chi connectivity index (χ3n) is 9.47. The summed E-state index contributed by atoms with van der Waals surface area (Å²) in [5.74, 6) is -0.0635. The van der Waals surface area contributed by atoms with E-state index in [1.165, 1.54) is 5.69 Å². The van der Waals surface area contributed by atoms with Gasteiger partial charge in [0.25, 0.3) is 0 Å². The number of esters is 1. The summed E-state index contributed by atoms with van der Waals surface area (Å²) < 4.78 is 18.7. The molecule has 0 aromatic heterocycles. The molecule has 1 saturated carbocycles. The number of anilines is 1. The molecule has 1 aromatic carbocycles. The predicted octanol–water partition coefficient (Wildman–Crippen LogP) is 3.95. The van der Waals surface area contributed by atoms with Gasteiger partial charge in [0, 0.05) is 56.7 Å². The van der Waals surface area contributed by atoms with E-state index in [9.17, 15) is 4.79 Å². The first-order valence-corrected chi connectivity index (χ1v) is 13.8. The van der Waals surface area contributed by atoms with Crippen molar-refractivity contribution in [2.45, 2.75) is 76.8 Å². The minimum atomic E-state index is -0.825. The molecule has 6 aliphatic rings. The highest BCUT2D eigenvalue weighted by Crippen LogP contribution is 2.60. The zero-order chi connectivity index (χ0) is 24.9. The number of carbonyl (C=O) groups is 1. The van der Waals surface area contributed by atoms with Gasteiger partial charge in [0.05, 0.1) is 6.42 Å². The summed E-state index contributed by atoms with van der Waals surface area (Å²) in [5, 5.41) is 0. The van der Waals surface area contributed by atoms with E-state index in [1.807, 2.05) is 13.0 Å². The Bertz CT molecular complexity index is 939. The van der Waals surface area contributed by atoms with Crippen molar-refractivity contribution < 1.29 is 28.8 Å². The first-order chi connectivity index (χ1) is 17.4. The number of para-hydroxylation sites is 1. The molecule has 8 heteroatoms. The highest BCUT2D eigenvalue weighted by molar-refractivity contribution is 5.69. The number of fused-ring (bicyclic) bond motifs is 2. The molecular weight excluding hydrogens is 460 g/mol. The number of hydrogen-bond donors (Lipinski definition) is 0. The molecule has 0 amide bonds. The topological polar surface area (TPSA) is 69.7 Å². The molecule has 5 aliphatic heterocycles. The van der Waals surface area contributed by atoms with Gasteiger partial charge in [-0.3, -0.25) is 9.69 Å². The van der Waals surface area contributed by atoms with Gasteiger partial charge >= 0.3 is 5.97 Å². The minimum absolute atomic E-state index is 0.00396. The van der Waals surface area contributed by atoms with E-state index < -0.39 is 24.0 Å². The zero-order valence-corrected chi connectivity index (χ0v) is 21.8. The number of hydrogen-bond acceptors (Lipinski definition) is 8. The Labute approximate surface area is 214 Å². The lowest BCUT2D eigenvalue weighted by Crippen LogP contribution is -2.70. The van der Waals surface area contributed by atoms with Crippen LogP contribution in [0.5, 0.6) is 0 Å². The fourth-order valence-corrected chi connectivity index (χ4v) is 7.31. The Morgan fingerprint density at radius 2 is 1.81 bits per heavy atom. The van der Waals surface area contributed by atoms with Crippen LogP contribution in [0.25, 0.3) is 0 Å². The lowest BCUT2D eigenvalue weighted by Gasteiger charge is -2.59. The maximum Gasteiger partial charge on any atom is 0.309 e. The van der Waals surface area contributed by atoms with Gasteiger partial charge in [-0.15, -0.1) is 0 Å². The summed E-state index contributed by atoms with van der Waals surface area (Å²) in [6.45, 7) is 10.8.